The Kier molecular flexibility index (Phi) is 7.68. The highest BCUT2D eigenvalue weighted by Gasteiger charge is 2.24. The first-order valence-corrected chi connectivity index (χ1v) is 9.10. The zero-order valence-corrected chi connectivity index (χ0v) is 16.8. The van der Waals surface area contributed by atoms with Crippen molar-refractivity contribution in [1.29, 1.82) is 0 Å². The Balaban J connectivity index is 2.02. The maximum absolute atomic E-state index is 13.6. The summed E-state index contributed by atoms with van der Waals surface area (Å²) in [7, 11) is 1.36. The van der Waals surface area contributed by atoms with Crippen LogP contribution in [0.15, 0.2) is 30.3 Å². The van der Waals surface area contributed by atoms with Gasteiger partial charge in [0.1, 0.15) is 11.4 Å². The molecule has 2 aromatic carbocycles. The summed E-state index contributed by atoms with van der Waals surface area (Å²) in [6, 6.07) is 6.46. The van der Waals surface area contributed by atoms with Crippen molar-refractivity contribution in [1.82, 2.24) is 10.6 Å². The molecule has 0 atom stereocenters. The van der Waals surface area contributed by atoms with Gasteiger partial charge in [-0.15, -0.1) is 0 Å². The normalized spacial score (nSPS) is 10.3. The van der Waals surface area contributed by atoms with Gasteiger partial charge in [-0.05, 0) is 31.5 Å². The van der Waals surface area contributed by atoms with Crippen molar-refractivity contribution >= 4 is 17.5 Å². The molecule has 2 N–H and O–H groups in total. The molecule has 0 fully saturated rings. The molecule has 0 saturated heterocycles. The van der Waals surface area contributed by atoms with Crippen molar-refractivity contribution in [2.75, 3.05) is 26.8 Å². The lowest BCUT2D eigenvalue weighted by atomic mass is 10.1. The van der Waals surface area contributed by atoms with Crippen molar-refractivity contribution in [3.05, 3.63) is 63.0 Å². The van der Waals surface area contributed by atoms with Crippen LogP contribution < -0.4 is 20.1 Å². The third-order valence-corrected chi connectivity index (χ3v) is 4.15. The number of carbonyl (C=O) groups is 2. The van der Waals surface area contributed by atoms with E-state index in [0.29, 0.717) is 5.56 Å². The molecule has 0 radical (unpaired) electrons. The maximum Gasteiger partial charge on any atom is 0.286 e. The number of amides is 2. The van der Waals surface area contributed by atoms with E-state index >= 15 is 0 Å². The van der Waals surface area contributed by atoms with E-state index in [9.17, 15) is 24.1 Å². The monoisotopic (exact) mass is 419 g/mol. The van der Waals surface area contributed by atoms with Crippen LogP contribution in [0.5, 0.6) is 11.5 Å². The van der Waals surface area contributed by atoms with Crippen LogP contribution in [0.4, 0.5) is 10.1 Å². The lowest BCUT2D eigenvalue weighted by Crippen LogP contribution is -2.35. The molecular weight excluding hydrogens is 397 g/mol. The number of hydrogen-bond acceptors (Lipinski definition) is 6. The van der Waals surface area contributed by atoms with Gasteiger partial charge in [0.25, 0.3) is 17.5 Å². The molecule has 0 aliphatic carbocycles. The van der Waals surface area contributed by atoms with E-state index in [1.54, 1.807) is 13.8 Å². The maximum atomic E-state index is 13.6. The molecule has 2 rings (SSSR count). The van der Waals surface area contributed by atoms with Gasteiger partial charge in [-0.3, -0.25) is 19.7 Å². The highest BCUT2D eigenvalue weighted by atomic mass is 19.1. The molecule has 160 valence electrons. The van der Waals surface area contributed by atoms with Crippen LogP contribution in [-0.2, 0) is 0 Å². The summed E-state index contributed by atoms with van der Waals surface area (Å²) < 4.78 is 24.0. The molecule has 0 bridgehead atoms. The van der Waals surface area contributed by atoms with Crippen LogP contribution >= 0.6 is 0 Å². The number of aryl methyl sites for hydroxylation is 1. The molecule has 0 aromatic heterocycles. The summed E-state index contributed by atoms with van der Waals surface area (Å²) in [5, 5.41) is 16.4. The standard InChI is InChI=1S/C20H22FN3O6/c1-4-30-18-11-16(24(27)28)14(10-17(18)29-3)20(26)23-8-7-22-19(25)13-6-5-12(2)15(21)9-13/h5-6,9-11H,4,7-8H2,1-3H3,(H,22,25)(H,23,26). The number of nitro benzene ring substituents is 1. The van der Waals surface area contributed by atoms with Gasteiger partial charge in [-0.25, -0.2) is 4.39 Å². The predicted molar refractivity (Wildman–Crippen MR) is 107 cm³/mol. The second kappa shape index (κ2) is 10.2. The number of methoxy groups -OCH3 is 1. The summed E-state index contributed by atoms with van der Waals surface area (Å²) in [6.07, 6.45) is 0. The highest BCUT2D eigenvalue weighted by molar-refractivity contribution is 5.99. The smallest absolute Gasteiger partial charge is 0.286 e. The molecular formula is C20H22FN3O6. The van der Waals surface area contributed by atoms with Gasteiger partial charge < -0.3 is 20.1 Å². The summed E-state index contributed by atoms with van der Waals surface area (Å²) in [4.78, 5) is 35.1. The summed E-state index contributed by atoms with van der Waals surface area (Å²) in [5.74, 6) is -1.37. The van der Waals surface area contributed by atoms with Crippen LogP contribution in [0, 0.1) is 22.9 Å². The second-order valence-corrected chi connectivity index (χ2v) is 6.19. The molecule has 10 heteroatoms. The van der Waals surface area contributed by atoms with Gasteiger partial charge >= 0.3 is 0 Å². The number of benzene rings is 2. The minimum absolute atomic E-state index is 0.00555. The molecule has 0 spiro atoms. The van der Waals surface area contributed by atoms with E-state index in [4.69, 9.17) is 9.47 Å². The van der Waals surface area contributed by atoms with Crippen LogP contribution in [0.2, 0.25) is 0 Å². The Morgan fingerprint density at radius 2 is 1.77 bits per heavy atom. The van der Waals surface area contributed by atoms with Crippen molar-refractivity contribution in [2.24, 2.45) is 0 Å². The molecule has 0 unspecified atom stereocenters. The minimum atomic E-state index is -0.710. The Hall–Kier alpha value is -3.69. The lowest BCUT2D eigenvalue weighted by Gasteiger charge is -2.12. The number of carbonyl (C=O) groups excluding carboxylic acids is 2. The Labute approximate surface area is 172 Å². The van der Waals surface area contributed by atoms with Gasteiger partial charge in [0.2, 0.25) is 0 Å². The van der Waals surface area contributed by atoms with Gasteiger partial charge in [0.05, 0.1) is 24.7 Å². The summed E-state index contributed by atoms with van der Waals surface area (Å²) in [6.45, 7) is 3.62. The van der Waals surface area contributed by atoms with Crippen LogP contribution in [-0.4, -0.2) is 43.5 Å². The second-order valence-electron chi connectivity index (χ2n) is 6.19. The predicted octanol–water partition coefficient (Wildman–Crippen LogP) is 2.61. The first kappa shape index (κ1) is 22.6. The zero-order valence-electron chi connectivity index (χ0n) is 16.8. The third-order valence-electron chi connectivity index (χ3n) is 4.15. The van der Waals surface area contributed by atoms with Gasteiger partial charge in [0, 0.05) is 24.7 Å². The fraction of sp³-hybridized carbons (Fsp3) is 0.300. The number of nitro groups is 1. The third kappa shape index (κ3) is 5.43. The fourth-order valence-corrected chi connectivity index (χ4v) is 2.59. The van der Waals surface area contributed by atoms with E-state index in [1.807, 2.05) is 0 Å². The quantitative estimate of drug-likeness (QED) is 0.366. The SMILES string of the molecule is CCOc1cc([N+](=O)[O-])c(C(=O)NCCNC(=O)c2ccc(C)c(F)c2)cc1OC. The average molecular weight is 419 g/mol. The average Bonchev–Trinajstić information content (AvgIpc) is 2.72. The minimum Gasteiger partial charge on any atom is -0.493 e. The number of nitrogens with zero attached hydrogens (tertiary/aromatic N) is 1. The lowest BCUT2D eigenvalue weighted by molar-refractivity contribution is -0.385. The molecule has 0 aliphatic rings. The molecule has 9 nitrogen and oxygen atoms in total. The number of hydrogen-bond donors (Lipinski definition) is 2. The molecule has 2 aromatic rings. The van der Waals surface area contributed by atoms with Crippen molar-refractivity contribution in [2.45, 2.75) is 13.8 Å². The fourth-order valence-electron chi connectivity index (χ4n) is 2.59. The molecule has 0 aliphatic heterocycles. The van der Waals surface area contributed by atoms with Gasteiger partial charge in [-0.2, -0.15) is 0 Å². The number of nitrogens with one attached hydrogen (secondary N) is 2. The van der Waals surface area contributed by atoms with Crippen LogP contribution in [0.25, 0.3) is 0 Å². The number of rotatable bonds is 9. The summed E-state index contributed by atoms with van der Waals surface area (Å²) in [5.41, 5.74) is -0.0642. The van der Waals surface area contributed by atoms with E-state index in [-0.39, 0.29) is 42.3 Å². The number of halogens is 1. The van der Waals surface area contributed by atoms with E-state index in [2.05, 4.69) is 10.6 Å². The zero-order chi connectivity index (χ0) is 22.3. The Morgan fingerprint density at radius 1 is 1.10 bits per heavy atom. The summed E-state index contributed by atoms with van der Waals surface area (Å²) >= 11 is 0. The first-order valence-electron chi connectivity index (χ1n) is 9.10. The van der Waals surface area contributed by atoms with Crippen molar-refractivity contribution in [3.8, 4) is 11.5 Å². The first-order chi connectivity index (χ1) is 14.3. The van der Waals surface area contributed by atoms with Crippen LogP contribution in [0.1, 0.15) is 33.2 Å². The molecule has 0 heterocycles. The Bertz CT molecular complexity index is 964. The number of ether oxygens (including phenoxy) is 2. The van der Waals surface area contributed by atoms with Crippen molar-refractivity contribution in [3.63, 3.8) is 0 Å². The van der Waals surface area contributed by atoms with Crippen molar-refractivity contribution < 1.29 is 28.4 Å². The molecule has 30 heavy (non-hydrogen) atoms. The van der Waals surface area contributed by atoms with Crippen LogP contribution in [0.3, 0.4) is 0 Å². The largest absolute Gasteiger partial charge is 0.493 e. The van der Waals surface area contributed by atoms with Gasteiger partial charge in [-0.1, -0.05) is 6.07 Å². The van der Waals surface area contributed by atoms with Gasteiger partial charge in [0.15, 0.2) is 11.5 Å². The van der Waals surface area contributed by atoms with E-state index in [1.165, 1.54) is 25.3 Å². The van der Waals surface area contributed by atoms with E-state index < -0.39 is 28.2 Å². The topological polar surface area (TPSA) is 120 Å². The molecule has 2 amide bonds. The highest BCUT2D eigenvalue weighted by Crippen LogP contribution is 2.34. The molecule has 0 saturated carbocycles. The Morgan fingerprint density at radius 3 is 2.33 bits per heavy atom. The van der Waals surface area contributed by atoms with E-state index in [0.717, 1.165) is 12.1 Å².